The van der Waals surface area contributed by atoms with E-state index >= 15 is 0 Å². The third-order valence-corrected chi connectivity index (χ3v) is 5.26. The van der Waals surface area contributed by atoms with Crippen LogP contribution in [0, 0.1) is 5.92 Å². The molecule has 0 spiro atoms. The number of nitrogens with one attached hydrogen (secondary N) is 1. The fourth-order valence-corrected chi connectivity index (χ4v) is 3.63. The molecule has 0 bridgehead atoms. The smallest absolute Gasteiger partial charge is 0.232 e. The van der Waals surface area contributed by atoms with Crippen molar-refractivity contribution in [3.63, 3.8) is 0 Å². The van der Waals surface area contributed by atoms with Gasteiger partial charge in [0.2, 0.25) is 5.91 Å². The van der Waals surface area contributed by atoms with Crippen molar-refractivity contribution in [2.75, 3.05) is 6.54 Å². The van der Waals surface area contributed by atoms with Gasteiger partial charge in [-0.25, -0.2) is 0 Å². The number of carbonyl (C=O) groups excluding carboxylic acids is 1. The first kappa shape index (κ1) is 17.6. The van der Waals surface area contributed by atoms with Crippen molar-refractivity contribution in [1.82, 2.24) is 5.32 Å². The number of rotatable bonds is 7. The first-order valence-electron chi connectivity index (χ1n) is 9.32. The van der Waals surface area contributed by atoms with E-state index in [1.807, 2.05) is 60.7 Å². The molecule has 4 heteroatoms. The fourth-order valence-electron chi connectivity index (χ4n) is 3.63. The molecule has 4 nitrogen and oxygen atoms in total. The topological polar surface area (TPSA) is 62.5 Å². The SMILES string of the molecule is O=C(NCC(O)(c1ccco1)C1CC1)C(c1ccccc1)c1ccccc1. The van der Waals surface area contributed by atoms with E-state index in [4.69, 9.17) is 4.42 Å². The van der Waals surface area contributed by atoms with Gasteiger partial charge < -0.3 is 14.8 Å². The van der Waals surface area contributed by atoms with Crippen molar-refractivity contribution >= 4 is 5.91 Å². The summed E-state index contributed by atoms with van der Waals surface area (Å²) < 4.78 is 5.46. The van der Waals surface area contributed by atoms with Gasteiger partial charge in [0.05, 0.1) is 18.7 Å². The van der Waals surface area contributed by atoms with Gasteiger partial charge in [-0.2, -0.15) is 0 Å². The summed E-state index contributed by atoms with van der Waals surface area (Å²) in [5.74, 6) is 0.0857. The van der Waals surface area contributed by atoms with Crippen molar-refractivity contribution in [2.45, 2.75) is 24.4 Å². The van der Waals surface area contributed by atoms with Crippen molar-refractivity contribution in [3.8, 4) is 0 Å². The largest absolute Gasteiger partial charge is 0.466 e. The lowest BCUT2D eigenvalue weighted by Gasteiger charge is -2.27. The standard InChI is InChI=1S/C23H23NO3/c25-22(24-16-23(26,19-13-14-19)20-12-7-15-27-20)21(17-8-3-1-4-9-17)18-10-5-2-6-11-18/h1-12,15,19,21,26H,13-14,16H2,(H,24,25). The molecule has 138 valence electrons. The Balaban J connectivity index is 1.57. The molecule has 1 atom stereocenters. The van der Waals surface area contributed by atoms with Gasteiger partial charge in [-0.15, -0.1) is 0 Å². The molecule has 1 amide bonds. The fraction of sp³-hybridized carbons (Fsp3) is 0.261. The predicted molar refractivity (Wildman–Crippen MR) is 103 cm³/mol. The molecule has 27 heavy (non-hydrogen) atoms. The summed E-state index contributed by atoms with van der Waals surface area (Å²) in [6.07, 6.45) is 3.43. The van der Waals surface area contributed by atoms with Crippen LogP contribution < -0.4 is 5.32 Å². The zero-order chi connectivity index (χ0) is 18.7. The molecule has 0 radical (unpaired) electrons. The minimum Gasteiger partial charge on any atom is -0.466 e. The van der Waals surface area contributed by atoms with Gasteiger partial charge >= 0.3 is 0 Å². The number of benzene rings is 2. The summed E-state index contributed by atoms with van der Waals surface area (Å²) >= 11 is 0. The first-order chi connectivity index (χ1) is 13.2. The number of aliphatic hydroxyl groups is 1. The highest BCUT2D eigenvalue weighted by atomic mass is 16.4. The molecule has 1 aliphatic carbocycles. The first-order valence-corrected chi connectivity index (χ1v) is 9.32. The monoisotopic (exact) mass is 361 g/mol. The maximum Gasteiger partial charge on any atom is 0.232 e. The number of carbonyl (C=O) groups is 1. The minimum absolute atomic E-state index is 0.121. The summed E-state index contributed by atoms with van der Waals surface area (Å²) in [4.78, 5) is 13.2. The molecular formula is C23H23NO3. The second-order valence-corrected chi connectivity index (χ2v) is 7.15. The van der Waals surface area contributed by atoms with Crippen LogP contribution in [0.25, 0.3) is 0 Å². The molecule has 2 N–H and O–H groups in total. The summed E-state index contributed by atoms with van der Waals surface area (Å²) in [6.45, 7) is 0.139. The summed E-state index contributed by atoms with van der Waals surface area (Å²) in [6, 6.07) is 23.0. The summed E-state index contributed by atoms with van der Waals surface area (Å²) in [5.41, 5.74) is 0.695. The molecule has 0 aliphatic heterocycles. The van der Waals surface area contributed by atoms with Crippen LogP contribution in [-0.2, 0) is 10.4 Å². The van der Waals surface area contributed by atoms with E-state index in [0.29, 0.717) is 5.76 Å². The predicted octanol–water partition coefficient (Wildman–Crippen LogP) is 3.83. The highest BCUT2D eigenvalue weighted by Crippen LogP contribution is 2.45. The molecule has 1 fully saturated rings. The molecule has 4 rings (SSSR count). The number of hydrogen-bond donors (Lipinski definition) is 2. The highest BCUT2D eigenvalue weighted by molar-refractivity contribution is 5.87. The molecule has 1 aliphatic rings. The number of hydrogen-bond acceptors (Lipinski definition) is 3. The maximum absolute atomic E-state index is 13.2. The molecule has 0 saturated heterocycles. The van der Waals surface area contributed by atoms with Gasteiger partial charge in [0, 0.05) is 0 Å². The molecule has 1 saturated carbocycles. The summed E-state index contributed by atoms with van der Waals surface area (Å²) in [7, 11) is 0. The highest BCUT2D eigenvalue weighted by Gasteiger charge is 2.47. The van der Waals surface area contributed by atoms with Gasteiger partial charge in [-0.3, -0.25) is 4.79 Å². The zero-order valence-electron chi connectivity index (χ0n) is 15.0. The third-order valence-electron chi connectivity index (χ3n) is 5.26. The van der Waals surface area contributed by atoms with Crippen molar-refractivity contribution in [3.05, 3.63) is 95.9 Å². The maximum atomic E-state index is 13.2. The lowest BCUT2D eigenvalue weighted by atomic mass is 9.89. The van der Waals surface area contributed by atoms with E-state index in [1.54, 1.807) is 18.4 Å². The average Bonchev–Trinajstić information content (AvgIpc) is 3.43. The van der Waals surface area contributed by atoms with Crippen LogP contribution >= 0.6 is 0 Å². The van der Waals surface area contributed by atoms with Gasteiger partial charge in [-0.1, -0.05) is 60.7 Å². The van der Waals surface area contributed by atoms with Gasteiger partial charge in [0.15, 0.2) is 0 Å². The van der Waals surface area contributed by atoms with Crippen LogP contribution in [-0.4, -0.2) is 17.6 Å². The number of amides is 1. The van der Waals surface area contributed by atoms with E-state index in [9.17, 15) is 9.90 Å². The Morgan fingerprint density at radius 3 is 2.07 bits per heavy atom. The van der Waals surface area contributed by atoms with Crippen molar-refractivity contribution in [1.29, 1.82) is 0 Å². The second kappa shape index (κ2) is 7.41. The Morgan fingerprint density at radius 1 is 1.00 bits per heavy atom. The Hall–Kier alpha value is -2.85. The van der Waals surface area contributed by atoms with Crippen LogP contribution in [0.5, 0.6) is 0 Å². The minimum atomic E-state index is -1.16. The Bertz CT molecular complexity index is 833. The van der Waals surface area contributed by atoms with E-state index in [2.05, 4.69) is 5.32 Å². The molecular weight excluding hydrogens is 338 g/mol. The molecule has 2 aromatic carbocycles. The van der Waals surface area contributed by atoms with Crippen molar-refractivity contribution in [2.24, 2.45) is 5.92 Å². The van der Waals surface area contributed by atoms with Crippen LogP contribution in [0.4, 0.5) is 0 Å². The molecule has 1 aromatic heterocycles. The van der Waals surface area contributed by atoms with E-state index in [0.717, 1.165) is 24.0 Å². The Morgan fingerprint density at radius 2 is 1.59 bits per heavy atom. The summed E-state index contributed by atoms with van der Waals surface area (Å²) in [5, 5.41) is 14.2. The van der Waals surface area contributed by atoms with Gasteiger partial charge in [-0.05, 0) is 42.0 Å². The molecule has 1 heterocycles. The normalized spacial score (nSPS) is 16.1. The van der Waals surface area contributed by atoms with Crippen LogP contribution in [0.15, 0.2) is 83.5 Å². The van der Waals surface area contributed by atoms with Gasteiger partial charge in [0.1, 0.15) is 11.4 Å². The van der Waals surface area contributed by atoms with E-state index in [-0.39, 0.29) is 18.4 Å². The van der Waals surface area contributed by atoms with E-state index in [1.165, 1.54) is 0 Å². The van der Waals surface area contributed by atoms with Crippen LogP contribution in [0.1, 0.15) is 35.6 Å². The Labute approximate surface area is 158 Å². The van der Waals surface area contributed by atoms with Crippen LogP contribution in [0.3, 0.4) is 0 Å². The lowest BCUT2D eigenvalue weighted by Crippen LogP contribution is -2.43. The van der Waals surface area contributed by atoms with Gasteiger partial charge in [0.25, 0.3) is 0 Å². The third kappa shape index (κ3) is 3.67. The molecule has 3 aromatic rings. The molecule has 1 unspecified atom stereocenters. The Kier molecular flexibility index (Phi) is 4.82. The lowest BCUT2D eigenvalue weighted by molar-refractivity contribution is -0.123. The van der Waals surface area contributed by atoms with Crippen molar-refractivity contribution < 1.29 is 14.3 Å². The number of furan rings is 1. The second-order valence-electron chi connectivity index (χ2n) is 7.15. The average molecular weight is 361 g/mol. The van der Waals surface area contributed by atoms with E-state index < -0.39 is 11.5 Å². The van der Waals surface area contributed by atoms with Crippen LogP contribution in [0.2, 0.25) is 0 Å². The zero-order valence-corrected chi connectivity index (χ0v) is 15.0. The quantitative estimate of drug-likeness (QED) is 0.672.